The Morgan fingerprint density at radius 3 is 2.74 bits per heavy atom. The number of aryl methyl sites for hydroxylation is 1. The van der Waals surface area contributed by atoms with E-state index in [1.165, 1.54) is 0 Å². The molecule has 9 nitrogen and oxygen atoms in total. The fourth-order valence-corrected chi connectivity index (χ4v) is 3.20. The molecule has 156 valence electrons. The fraction of sp³-hybridized carbons (Fsp3) is 0.182. The molecule has 0 spiro atoms. The van der Waals surface area contributed by atoms with Gasteiger partial charge in [0.2, 0.25) is 11.8 Å². The van der Waals surface area contributed by atoms with Crippen LogP contribution in [0, 0.1) is 5.92 Å². The van der Waals surface area contributed by atoms with Crippen molar-refractivity contribution in [2.24, 2.45) is 13.0 Å². The van der Waals surface area contributed by atoms with E-state index in [1.807, 2.05) is 19.3 Å². The molecule has 0 aliphatic heterocycles. The number of anilines is 2. The van der Waals surface area contributed by atoms with Crippen molar-refractivity contribution in [2.45, 2.75) is 12.8 Å². The molecule has 4 aromatic rings. The van der Waals surface area contributed by atoms with Crippen LogP contribution in [-0.2, 0) is 11.8 Å². The quantitative estimate of drug-likeness (QED) is 0.501. The van der Waals surface area contributed by atoms with Crippen LogP contribution in [0.25, 0.3) is 5.65 Å². The number of imidazole rings is 1. The number of ether oxygens (including phenoxy) is 1. The van der Waals surface area contributed by atoms with Gasteiger partial charge in [-0.3, -0.25) is 9.59 Å². The highest BCUT2D eigenvalue weighted by Gasteiger charge is 2.30. The summed E-state index contributed by atoms with van der Waals surface area (Å²) in [5.74, 6) is 1.24. The van der Waals surface area contributed by atoms with E-state index in [4.69, 9.17) is 4.74 Å². The molecular formula is C22H20N6O3. The van der Waals surface area contributed by atoms with Crippen molar-refractivity contribution in [3.63, 3.8) is 0 Å². The van der Waals surface area contributed by atoms with Crippen molar-refractivity contribution in [1.29, 1.82) is 0 Å². The van der Waals surface area contributed by atoms with Crippen molar-refractivity contribution in [2.75, 3.05) is 10.6 Å². The van der Waals surface area contributed by atoms with E-state index in [0.29, 0.717) is 34.5 Å². The standard InChI is InChI=1S/C22H20N6O3/c1-27-11-3-6-17(27)22(30)23-15-4-2-5-16(12-15)31-20-10-9-19-24-18(13-28(19)26-20)25-21(29)14-7-8-14/h2-6,9-14H,7-8H2,1H3,(H,23,30)(H,25,29). The molecule has 3 aromatic heterocycles. The van der Waals surface area contributed by atoms with Crippen LogP contribution in [0.1, 0.15) is 23.3 Å². The van der Waals surface area contributed by atoms with Gasteiger partial charge < -0.3 is 19.9 Å². The van der Waals surface area contributed by atoms with E-state index < -0.39 is 0 Å². The highest BCUT2D eigenvalue weighted by molar-refractivity contribution is 6.03. The topological polar surface area (TPSA) is 103 Å². The second kappa shape index (κ2) is 7.60. The van der Waals surface area contributed by atoms with Gasteiger partial charge in [-0.25, -0.2) is 9.50 Å². The Hall–Kier alpha value is -4.14. The minimum absolute atomic E-state index is 0.00548. The molecule has 0 radical (unpaired) electrons. The molecule has 9 heteroatoms. The Kier molecular flexibility index (Phi) is 4.62. The van der Waals surface area contributed by atoms with Gasteiger partial charge in [-0.1, -0.05) is 6.07 Å². The predicted octanol–water partition coefficient (Wildman–Crippen LogP) is 3.46. The number of amides is 2. The Morgan fingerprint density at radius 1 is 1.10 bits per heavy atom. The molecule has 0 unspecified atom stereocenters. The highest BCUT2D eigenvalue weighted by atomic mass is 16.5. The molecule has 0 saturated heterocycles. The summed E-state index contributed by atoms with van der Waals surface area (Å²) in [6, 6.07) is 14.1. The van der Waals surface area contributed by atoms with Gasteiger partial charge in [0.05, 0.1) is 6.20 Å². The van der Waals surface area contributed by atoms with Crippen LogP contribution >= 0.6 is 0 Å². The lowest BCUT2D eigenvalue weighted by atomic mass is 10.3. The number of aromatic nitrogens is 4. The third-order valence-electron chi connectivity index (χ3n) is 4.99. The smallest absolute Gasteiger partial charge is 0.272 e. The van der Waals surface area contributed by atoms with Crippen LogP contribution in [0.4, 0.5) is 11.5 Å². The van der Waals surface area contributed by atoms with Crippen LogP contribution < -0.4 is 15.4 Å². The minimum Gasteiger partial charge on any atom is -0.438 e. The molecule has 2 amide bonds. The molecule has 31 heavy (non-hydrogen) atoms. The number of hydrogen-bond donors (Lipinski definition) is 2. The van der Waals surface area contributed by atoms with Crippen LogP contribution in [0.5, 0.6) is 11.6 Å². The van der Waals surface area contributed by atoms with Gasteiger partial charge in [0, 0.05) is 37.0 Å². The summed E-state index contributed by atoms with van der Waals surface area (Å²) in [5, 5.41) is 10.1. The Balaban J connectivity index is 1.30. The minimum atomic E-state index is -0.205. The first-order valence-corrected chi connectivity index (χ1v) is 9.93. The van der Waals surface area contributed by atoms with E-state index in [1.54, 1.807) is 57.7 Å². The normalized spacial score (nSPS) is 13.2. The zero-order valence-corrected chi connectivity index (χ0v) is 16.8. The summed E-state index contributed by atoms with van der Waals surface area (Å²) >= 11 is 0. The third-order valence-corrected chi connectivity index (χ3v) is 4.99. The zero-order valence-electron chi connectivity index (χ0n) is 16.8. The summed E-state index contributed by atoms with van der Waals surface area (Å²) in [7, 11) is 1.81. The van der Waals surface area contributed by atoms with Crippen molar-refractivity contribution in [3.8, 4) is 11.6 Å². The zero-order chi connectivity index (χ0) is 21.4. The summed E-state index contributed by atoms with van der Waals surface area (Å²) in [4.78, 5) is 28.7. The summed E-state index contributed by atoms with van der Waals surface area (Å²) in [5.41, 5.74) is 1.77. The second-order valence-corrected chi connectivity index (χ2v) is 7.45. The predicted molar refractivity (Wildman–Crippen MR) is 114 cm³/mol. The summed E-state index contributed by atoms with van der Waals surface area (Å²) < 4.78 is 9.16. The number of fused-ring (bicyclic) bond motifs is 1. The van der Waals surface area contributed by atoms with Crippen LogP contribution in [0.15, 0.2) is 60.9 Å². The Morgan fingerprint density at radius 2 is 1.97 bits per heavy atom. The number of rotatable bonds is 6. The SMILES string of the molecule is Cn1cccc1C(=O)Nc1cccc(Oc2ccc3nc(NC(=O)C4CC4)cn3n2)c1. The number of nitrogens with one attached hydrogen (secondary N) is 2. The average Bonchev–Trinajstić information content (AvgIpc) is 3.39. The first-order valence-electron chi connectivity index (χ1n) is 9.93. The number of nitrogens with zero attached hydrogens (tertiary/aromatic N) is 4. The number of hydrogen-bond acceptors (Lipinski definition) is 5. The maximum Gasteiger partial charge on any atom is 0.272 e. The van der Waals surface area contributed by atoms with Gasteiger partial charge in [-0.2, -0.15) is 0 Å². The largest absolute Gasteiger partial charge is 0.438 e. The lowest BCUT2D eigenvalue weighted by Crippen LogP contribution is -2.15. The van der Waals surface area contributed by atoms with Crippen LogP contribution in [-0.4, -0.2) is 31.0 Å². The van der Waals surface area contributed by atoms with Crippen molar-refractivity contribution in [1.82, 2.24) is 19.2 Å². The molecule has 5 rings (SSSR count). The average molecular weight is 416 g/mol. The maximum atomic E-state index is 12.4. The van der Waals surface area contributed by atoms with E-state index in [9.17, 15) is 9.59 Å². The van der Waals surface area contributed by atoms with Crippen molar-refractivity contribution >= 4 is 29.0 Å². The van der Waals surface area contributed by atoms with Gasteiger partial charge in [-0.15, -0.1) is 5.10 Å². The maximum absolute atomic E-state index is 12.4. The first-order chi connectivity index (χ1) is 15.0. The number of carbonyl (C=O) groups is 2. The van der Waals surface area contributed by atoms with E-state index >= 15 is 0 Å². The molecule has 0 bridgehead atoms. The monoisotopic (exact) mass is 416 g/mol. The van der Waals surface area contributed by atoms with Gasteiger partial charge in [0.1, 0.15) is 11.4 Å². The molecule has 0 atom stereocenters. The molecule has 1 saturated carbocycles. The molecule has 1 aliphatic carbocycles. The number of carbonyl (C=O) groups excluding carboxylic acids is 2. The highest BCUT2D eigenvalue weighted by Crippen LogP contribution is 2.30. The molecular weight excluding hydrogens is 396 g/mol. The fourth-order valence-electron chi connectivity index (χ4n) is 3.20. The molecule has 1 aromatic carbocycles. The van der Waals surface area contributed by atoms with Crippen LogP contribution in [0.2, 0.25) is 0 Å². The molecule has 1 fully saturated rings. The van der Waals surface area contributed by atoms with Crippen molar-refractivity contribution < 1.29 is 14.3 Å². The third kappa shape index (κ3) is 4.11. The summed E-state index contributed by atoms with van der Waals surface area (Å²) in [6.45, 7) is 0. The lowest BCUT2D eigenvalue weighted by Gasteiger charge is -2.09. The number of benzene rings is 1. The van der Waals surface area contributed by atoms with Gasteiger partial charge in [0.25, 0.3) is 5.91 Å². The van der Waals surface area contributed by atoms with E-state index in [2.05, 4.69) is 20.7 Å². The Labute approximate surface area is 177 Å². The van der Waals surface area contributed by atoms with Crippen LogP contribution in [0.3, 0.4) is 0 Å². The first kappa shape index (κ1) is 18.9. The van der Waals surface area contributed by atoms with Crippen molar-refractivity contribution in [3.05, 3.63) is 66.6 Å². The summed E-state index contributed by atoms with van der Waals surface area (Å²) in [6.07, 6.45) is 5.33. The van der Waals surface area contributed by atoms with E-state index in [0.717, 1.165) is 12.8 Å². The van der Waals surface area contributed by atoms with Gasteiger partial charge in [0.15, 0.2) is 11.5 Å². The Bertz CT molecular complexity index is 1290. The second-order valence-electron chi connectivity index (χ2n) is 7.45. The molecule has 2 N–H and O–H groups in total. The lowest BCUT2D eigenvalue weighted by molar-refractivity contribution is -0.117. The van der Waals surface area contributed by atoms with E-state index in [-0.39, 0.29) is 17.7 Å². The molecule has 3 heterocycles. The van der Waals surface area contributed by atoms with Gasteiger partial charge >= 0.3 is 0 Å². The molecule has 1 aliphatic rings. The van der Waals surface area contributed by atoms with Gasteiger partial charge in [-0.05, 0) is 43.2 Å².